The molecular weight excluding hydrogens is 262 g/mol. The number of rotatable bonds is 3. The molecular formula is C17H23N3O. The number of para-hydroxylation sites is 1. The highest BCUT2D eigenvalue weighted by Gasteiger charge is 2.21. The largest absolute Gasteiger partial charge is 0.388 e. The topological polar surface area (TPSA) is 39.6 Å². The molecule has 0 saturated carbocycles. The van der Waals surface area contributed by atoms with Gasteiger partial charge in [0.05, 0.1) is 11.6 Å². The SMILES string of the molecule is CCC(O)c1cc2ccccc2nc1N1CCN(C)CC1. The van der Waals surface area contributed by atoms with Crippen molar-refractivity contribution in [3.8, 4) is 0 Å². The van der Waals surface area contributed by atoms with Gasteiger partial charge in [0.2, 0.25) is 0 Å². The maximum atomic E-state index is 10.4. The highest BCUT2D eigenvalue weighted by atomic mass is 16.3. The lowest BCUT2D eigenvalue weighted by molar-refractivity contribution is 0.173. The first-order chi connectivity index (χ1) is 10.2. The maximum absolute atomic E-state index is 10.4. The van der Waals surface area contributed by atoms with Crippen molar-refractivity contribution < 1.29 is 5.11 Å². The number of aliphatic hydroxyl groups is 1. The van der Waals surface area contributed by atoms with Gasteiger partial charge >= 0.3 is 0 Å². The zero-order valence-electron chi connectivity index (χ0n) is 12.8. The Morgan fingerprint density at radius 2 is 1.90 bits per heavy atom. The Bertz CT molecular complexity index is 620. The number of pyridine rings is 1. The van der Waals surface area contributed by atoms with Crippen LogP contribution >= 0.6 is 0 Å². The van der Waals surface area contributed by atoms with Crippen molar-refractivity contribution in [2.75, 3.05) is 38.1 Å². The van der Waals surface area contributed by atoms with Crippen LogP contribution in [0.3, 0.4) is 0 Å². The van der Waals surface area contributed by atoms with E-state index in [0.717, 1.165) is 48.5 Å². The molecule has 2 aromatic rings. The van der Waals surface area contributed by atoms with Crippen molar-refractivity contribution in [1.82, 2.24) is 9.88 Å². The van der Waals surface area contributed by atoms with Gasteiger partial charge < -0.3 is 14.9 Å². The first kappa shape index (κ1) is 14.3. The number of benzene rings is 1. The van der Waals surface area contributed by atoms with Crippen molar-refractivity contribution >= 4 is 16.7 Å². The lowest BCUT2D eigenvalue weighted by Gasteiger charge is -2.35. The van der Waals surface area contributed by atoms with E-state index in [1.165, 1.54) is 0 Å². The molecule has 2 heterocycles. The summed E-state index contributed by atoms with van der Waals surface area (Å²) in [5.74, 6) is 0.955. The van der Waals surface area contributed by atoms with E-state index in [9.17, 15) is 5.11 Å². The quantitative estimate of drug-likeness (QED) is 0.940. The smallest absolute Gasteiger partial charge is 0.135 e. The molecule has 0 spiro atoms. The van der Waals surface area contributed by atoms with Gasteiger partial charge in [-0.3, -0.25) is 0 Å². The van der Waals surface area contributed by atoms with Crippen LogP contribution in [0.4, 0.5) is 5.82 Å². The molecule has 1 aromatic heterocycles. The van der Waals surface area contributed by atoms with Gasteiger partial charge in [-0.1, -0.05) is 25.1 Å². The lowest BCUT2D eigenvalue weighted by atomic mass is 10.0. The average Bonchev–Trinajstić information content (AvgIpc) is 2.53. The molecule has 1 N–H and O–H groups in total. The molecule has 4 heteroatoms. The normalized spacial score (nSPS) is 18.1. The monoisotopic (exact) mass is 285 g/mol. The van der Waals surface area contributed by atoms with E-state index >= 15 is 0 Å². The summed E-state index contributed by atoms with van der Waals surface area (Å²) < 4.78 is 0. The molecule has 1 fully saturated rings. The third-order valence-electron chi connectivity index (χ3n) is 4.28. The lowest BCUT2D eigenvalue weighted by Crippen LogP contribution is -2.45. The number of piperazine rings is 1. The Morgan fingerprint density at radius 1 is 1.19 bits per heavy atom. The van der Waals surface area contributed by atoms with E-state index < -0.39 is 6.10 Å². The second-order valence-electron chi connectivity index (χ2n) is 5.81. The fourth-order valence-corrected chi connectivity index (χ4v) is 2.86. The highest BCUT2D eigenvalue weighted by molar-refractivity contribution is 5.82. The summed E-state index contributed by atoms with van der Waals surface area (Å²) in [5.41, 5.74) is 1.96. The third kappa shape index (κ3) is 2.87. The molecule has 1 aliphatic heterocycles. The molecule has 1 saturated heterocycles. The number of fused-ring (bicyclic) bond motifs is 1. The van der Waals surface area contributed by atoms with Crippen molar-refractivity contribution in [2.45, 2.75) is 19.4 Å². The van der Waals surface area contributed by atoms with Gasteiger partial charge in [-0.15, -0.1) is 0 Å². The van der Waals surface area contributed by atoms with Crippen molar-refractivity contribution in [3.05, 3.63) is 35.9 Å². The van der Waals surface area contributed by atoms with E-state index in [1.807, 2.05) is 25.1 Å². The number of hydrogen-bond acceptors (Lipinski definition) is 4. The highest BCUT2D eigenvalue weighted by Crippen LogP contribution is 2.30. The predicted molar refractivity (Wildman–Crippen MR) is 86.7 cm³/mol. The molecule has 1 unspecified atom stereocenters. The molecule has 3 rings (SSSR count). The number of likely N-dealkylation sites (N-methyl/N-ethyl adjacent to an activating group) is 1. The minimum Gasteiger partial charge on any atom is -0.388 e. The van der Waals surface area contributed by atoms with Gasteiger partial charge in [0.25, 0.3) is 0 Å². The summed E-state index contributed by atoms with van der Waals surface area (Å²) in [6.45, 7) is 6.01. The molecule has 0 aliphatic carbocycles. The third-order valence-corrected chi connectivity index (χ3v) is 4.28. The Balaban J connectivity index is 2.05. The van der Waals surface area contributed by atoms with Crippen LogP contribution in [0.1, 0.15) is 25.0 Å². The van der Waals surface area contributed by atoms with Gasteiger partial charge in [0.1, 0.15) is 5.82 Å². The van der Waals surface area contributed by atoms with Crippen LogP contribution in [-0.4, -0.2) is 48.2 Å². The van der Waals surface area contributed by atoms with Gasteiger partial charge in [-0.2, -0.15) is 0 Å². The number of nitrogens with zero attached hydrogens (tertiary/aromatic N) is 3. The number of aliphatic hydroxyl groups excluding tert-OH is 1. The second kappa shape index (κ2) is 6.00. The average molecular weight is 285 g/mol. The molecule has 21 heavy (non-hydrogen) atoms. The zero-order chi connectivity index (χ0) is 14.8. The molecule has 0 amide bonds. The van der Waals surface area contributed by atoms with Crippen LogP contribution in [0.15, 0.2) is 30.3 Å². The van der Waals surface area contributed by atoms with Gasteiger partial charge in [-0.05, 0) is 25.6 Å². The van der Waals surface area contributed by atoms with Crippen LogP contribution < -0.4 is 4.90 Å². The van der Waals surface area contributed by atoms with Crippen LogP contribution in [0, 0.1) is 0 Å². The van der Waals surface area contributed by atoms with E-state index in [2.05, 4.69) is 29.0 Å². The van der Waals surface area contributed by atoms with E-state index in [1.54, 1.807) is 0 Å². The minimum atomic E-state index is -0.447. The van der Waals surface area contributed by atoms with E-state index in [0.29, 0.717) is 6.42 Å². The molecule has 1 aromatic carbocycles. The maximum Gasteiger partial charge on any atom is 0.135 e. The van der Waals surface area contributed by atoms with Gasteiger partial charge in [-0.25, -0.2) is 4.98 Å². The van der Waals surface area contributed by atoms with Gasteiger partial charge in [0.15, 0.2) is 0 Å². The number of hydrogen-bond donors (Lipinski definition) is 1. The Kier molecular flexibility index (Phi) is 4.08. The van der Waals surface area contributed by atoms with Crippen molar-refractivity contribution in [3.63, 3.8) is 0 Å². The number of anilines is 1. The summed E-state index contributed by atoms with van der Waals surface area (Å²) in [6.07, 6.45) is 0.262. The molecule has 0 radical (unpaired) electrons. The van der Waals surface area contributed by atoms with Crippen LogP contribution in [0.25, 0.3) is 10.9 Å². The van der Waals surface area contributed by atoms with Crippen LogP contribution in [-0.2, 0) is 0 Å². The van der Waals surface area contributed by atoms with Crippen molar-refractivity contribution in [1.29, 1.82) is 0 Å². The minimum absolute atomic E-state index is 0.447. The first-order valence-electron chi connectivity index (χ1n) is 7.70. The van der Waals surface area contributed by atoms with Crippen LogP contribution in [0.5, 0.6) is 0 Å². The summed E-state index contributed by atoms with van der Waals surface area (Å²) in [7, 11) is 2.15. The first-order valence-corrected chi connectivity index (χ1v) is 7.70. The summed E-state index contributed by atoms with van der Waals surface area (Å²) >= 11 is 0. The fourth-order valence-electron chi connectivity index (χ4n) is 2.86. The second-order valence-corrected chi connectivity index (χ2v) is 5.81. The molecule has 1 atom stereocenters. The fraction of sp³-hybridized carbons (Fsp3) is 0.471. The molecule has 1 aliphatic rings. The number of aromatic nitrogens is 1. The van der Waals surface area contributed by atoms with Crippen molar-refractivity contribution in [2.24, 2.45) is 0 Å². The molecule has 112 valence electrons. The standard InChI is InChI=1S/C17H23N3O/c1-3-16(21)14-12-13-6-4-5-7-15(13)18-17(14)20-10-8-19(2)9-11-20/h4-7,12,16,21H,3,8-11H2,1-2H3. The van der Waals surface area contributed by atoms with Crippen LogP contribution in [0.2, 0.25) is 0 Å². The summed E-state index contributed by atoms with van der Waals surface area (Å²) in [5, 5.41) is 11.5. The predicted octanol–water partition coefficient (Wildman–Crippen LogP) is 2.43. The van der Waals surface area contributed by atoms with Gasteiger partial charge in [0, 0.05) is 37.1 Å². The summed E-state index contributed by atoms with van der Waals surface area (Å²) in [4.78, 5) is 9.47. The Morgan fingerprint density at radius 3 is 2.62 bits per heavy atom. The Labute approximate surface area is 126 Å². The van der Waals surface area contributed by atoms with E-state index in [4.69, 9.17) is 4.98 Å². The Hall–Kier alpha value is -1.65. The molecule has 0 bridgehead atoms. The zero-order valence-corrected chi connectivity index (χ0v) is 12.8. The summed E-state index contributed by atoms with van der Waals surface area (Å²) in [6, 6.07) is 10.2. The van der Waals surface area contributed by atoms with E-state index in [-0.39, 0.29) is 0 Å². The molecule has 4 nitrogen and oxygen atoms in total.